The third kappa shape index (κ3) is 3.49. The number of hydrogen-bond donors (Lipinski definition) is 1. The summed E-state index contributed by atoms with van der Waals surface area (Å²) in [7, 11) is 0. The van der Waals surface area contributed by atoms with E-state index in [9.17, 15) is 23.2 Å². The minimum absolute atomic E-state index is 0.155. The molecule has 1 aromatic carbocycles. The van der Waals surface area contributed by atoms with Gasteiger partial charge in [-0.25, -0.2) is 0 Å². The van der Waals surface area contributed by atoms with Crippen molar-refractivity contribution in [3.05, 3.63) is 29.3 Å². The molecule has 1 amide bonds. The van der Waals surface area contributed by atoms with Crippen LogP contribution < -0.4 is 5.06 Å². The molecule has 1 rings (SSSR count). The van der Waals surface area contributed by atoms with Crippen molar-refractivity contribution in [3.8, 4) is 6.07 Å². The molecule has 0 aliphatic rings. The highest BCUT2D eigenvalue weighted by atomic mass is 79.9. The second kappa shape index (κ2) is 6.24. The van der Waals surface area contributed by atoms with Crippen LogP contribution >= 0.6 is 15.9 Å². The summed E-state index contributed by atoms with van der Waals surface area (Å²) in [6.07, 6.45) is -4.74. The summed E-state index contributed by atoms with van der Waals surface area (Å²) < 4.78 is 38.3. The smallest absolute Gasteiger partial charge is 0.281 e. The number of anilines is 1. The van der Waals surface area contributed by atoms with Crippen molar-refractivity contribution < 1.29 is 23.2 Å². The fourth-order valence-electron chi connectivity index (χ4n) is 1.40. The number of hydrogen-bond acceptors (Lipinski definition) is 3. The maximum absolute atomic E-state index is 12.8. The van der Waals surface area contributed by atoms with E-state index in [1.165, 1.54) is 13.0 Å². The molecule has 0 fully saturated rings. The Bertz CT molecular complexity index is 555. The average molecular weight is 351 g/mol. The van der Waals surface area contributed by atoms with Gasteiger partial charge in [-0.1, -0.05) is 22.9 Å². The lowest BCUT2D eigenvalue weighted by Crippen LogP contribution is -2.33. The molecule has 0 bridgehead atoms. The number of alkyl halides is 4. The highest BCUT2D eigenvalue weighted by molar-refractivity contribution is 9.09. The van der Waals surface area contributed by atoms with E-state index in [4.69, 9.17) is 5.26 Å². The zero-order valence-electron chi connectivity index (χ0n) is 10.3. The van der Waals surface area contributed by atoms with Crippen LogP contribution in [0.15, 0.2) is 18.2 Å². The van der Waals surface area contributed by atoms with Crippen molar-refractivity contribution in [2.75, 3.05) is 10.4 Å². The van der Waals surface area contributed by atoms with Gasteiger partial charge in [0.15, 0.2) is 0 Å². The Kier molecular flexibility index (Phi) is 5.14. The molecule has 1 aromatic rings. The van der Waals surface area contributed by atoms with Crippen LogP contribution in [0.5, 0.6) is 0 Å². The van der Waals surface area contributed by atoms with Gasteiger partial charge in [0, 0.05) is 11.2 Å². The molecular weight excluding hydrogens is 341 g/mol. The number of halogens is 4. The molecule has 0 saturated carbocycles. The van der Waals surface area contributed by atoms with Crippen molar-refractivity contribution in [2.24, 2.45) is 5.92 Å². The van der Waals surface area contributed by atoms with E-state index < -0.39 is 29.1 Å². The van der Waals surface area contributed by atoms with Crippen LogP contribution in [0, 0.1) is 17.2 Å². The molecule has 0 spiro atoms. The normalized spacial score (nSPS) is 12.7. The van der Waals surface area contributed by atoms with Gasteiger partial charge < -0.3 is 0 Å². The first-order valence-corrected chi connectivity index (χ1v) is 6.54. The zero-order chi connectivity index (χ0) is 15.5. The largest absolute Gasteiger partial charge is 0.417 e. The molecule has 1 atom stereocenters. The van der Waals surface area contributed by atoms with E-state index in [1.54, 1.807) is 0 Å². The zero-order valence-corrected chi connectivity index (χ0v) is 11.9. The summed E-state index contributed by atoms with van der Waals surface area (Å²) in [6.45, 7) is 1.51. The van der Waals surface area contributed by atoms with Crippen LogP contribution in [0.25, 0.3) is 0 Å². The third-order valence-electron chi connectivity index (χ3n) is 2.54. The fraction of sp³-hybridized carbons (Fsp3) is 0.333. The minimum Gasteiger partial charge on any atom is -0.281 e. The Morgan fingerprint density at radius 1 is 1.55 bits per heavy atom. The number of carbonyl (C=O) groups excluding carboxylic acids is 1. The Morgan fingerprint density at radius 2 is 2.15 bits per heavy atom. The number of amides is 1. The van der Waals surface area contributed by atoms with E-state index in [2.05, 4.69) is 15.9 Å². The van der Waals surface area contributed by atoms with Crippen molar-refractivity contribution in [1.29, 1.82) is 5.26 Å². The first kappa shape index (κ1) is 16.5. The highest BCUT2D eigenvalue weighted by Crippen LogP contribution is 2.34. The van der Waals surface area contributed by atoms with Crippen molar-refractivity contribution in [1.82, 2.24) is 0 Å². The van der Waals surface area contributed by atoms with E-state index in [0.717, 1.165) is 12.1 Å². The Hall–Kier alpha value is -1.59. The van der Waals surface area contributed by atoms with Crippen LogP contribution in [-0.4, -0.2) is 16.4 Å². The van der Waals surface area contributed by atoms with Crippen molar-refractivity contribution >= 4 is 27.5 Å². The first-order valence-electron chi connectivity index (χ1n) is 5.42. The summed E-state index contributed by atoms with van der Waals surface area (Å²) in [5.41, 5.74) is -2.11. The quantitative estimate of drug-likeness (QED) is 0.516. The molecule has 0 aromatic heterocycles. The van der Waals surface area contributed by atoms with Crippen LogP contribution in [0.1, 0.15) is 18.1 Å². The summed E-state index contributed by atoms with van der Waals surface area (Å²) in [5, 5.41) is 18.7. The topological polar surface area (TPSA) is 64.3 Å². The van der Waals surface area contributed by atoms with Gasteiger partial charge in [0.25, 0.3) is 5.91 Å². The Balaban J connectivity index is 3.23. The predicted molar refractivity (Wildman–Crippen MR) is 68.4 cm³/mol. The Labute approximate surface area is 121 Å². The fourth-order valence-corrected chi connectivity index (χ4v) is 1.67. The van der Waals surface area contributed by atoms with E-state index in [-0.39, 0.29) is 16.1 Å². The summed E-state index contributed by atoms with van der Waals surface area (Å²) >= 11 is 3.04. The molecule has 1 unspecified atom stereocenters. The summed E-state index contributed by atoms with van der Waals surface area (Å²) in [5.74, 6) is -1.36. The van der Waals surface area contributed by atoms with Crippen LogP contribution in [-0.2, 0) is 11.0 Å². The van der Waals surface area contributed by atoms with Crippen LogP contribution in [0.4, 0.5) is 18.9 Å². The van der Waals surface area contributed by atoms with Gasteiger partial charge in [0.1, 0.15) is 0 Å². The summed E-state index contributed by atoms with van der Waals surface area (Å²) in [4.78, 5) is 11.7. The molecule has 0 aliphatic heterocycles. The number of hydroxylamine groups is 1. The van der Waals surface area contributed by atoms with Gasteiger partial charge in [0.05, 0.1) is 22.9 Å². The third-order valence-corrected chi connectivity index (χ3v) is 3.51. The number of rotatable bonds is 3. The number of carbonyl (C=O) groups is 1. The van der Waals surface area contributed by atoms with E-state index in [0.29, 0.717) is 6.07 Å². The SMILES string of the molecule is CC(CBr)C(=O)N(O)c1ccc(C#N)c(C(F)(F)F)c1. The van der Waals surface area contributed by atoms with Gasteiger partial charge in [0.2, 0.25) is 0 Å². The first-order chi connectivity index (χ1) is 9.22. The lowest BCUT2D eigenvalue weighted by atomic mass is 10.1. The molecule has 0 saturated heterocycles. The highest BCUT2D eigenvalue weighted by Gasteiger charge is 2.34. The molecule has 0 aliphatic carbocycles. The van der Waals surface area contributed by atoms with Crippen molar-refractivity contribution in [3.63, 3.8) is 0 Å². The maximum Gasteiger partial charge on any atom is 0.417 e. The van der Waals surface area contributed by atoms with Crippen LogP contribution in [0.3, 0.4) is 0 Å². The van der Waals surface area contributed by atoms with Gasteiger partial charge in [-0.2, -0.15) is 23.5 Å². The molecule has 1 N–H and O–H groups in total. The van der Waals surface area contributed by atoms with Crippen molar-refractivity contribution in [2.45, 2.75) is 13.1 Å². The molecule has 4 nitrogen and oxygen atoms in total. The molecular formula is C12H10BrF3N2O2. The molecule has 0 heterocycles. The van der Waals surface area contributed by atoms with Gasteiger partial charge in [-0.15, -0.1) is 0 Å². The predicted octanol–water partition coefficient (Wildman–Crippen LogP) is 3.33. The van der Waals surface area contributed by atoms with Gasteiger partial charge >= 0.3 is 6.18 Å². The van der Waals surface area contributed by atoms with E-state index >= 15 is 0 Å². The maximum atomic E-state index is 12.8. The lowest BCUT2D eigenvalue weighted by molar-refractivity contribution is -0.138. The minimum atomic E-state index is -4.74. The second-order valence-corrected chi connectivity index (χ2v) is 4.69. The molecule has 108 valence electrons. The number of benzene rings is 1. The number of nitrogens with zero attached hydrogens (tertiary/aromatic N) is 2. The van der Waals surface area contributed by atoms with Gasteiger partial charge in [-0.05, 0) is 18.2 Å². The van der Waals surface area contributed by atoms with E-state index in [1.807, 2.05) is 0 Å². The standard InChI is InChI=1S/C12H10BrF3N2O2/c1-7(5-13)11(19)18(20)9-3-2-8(6-17)10(4-9)12(14,15)16/h2-4,7,20H,5H2,1H3. The molecule has 8 heteroatoms. The Morgan fingerprint density at radius 3 is 2.60 bits per heavy atom. The number of nitriles is 1. The van der Waals surface area contributed by atoms with Gasteiger partial charge in [-0.3, -0.25) is 10.0 Å². The molecule has 0 radical (unpaired) electrons. The average Bonchev–Trinajstić information content (AvgIpc) is 2.43. The lowest BCUT2D eigenvalue weighted by Gasteiger charge is -2.19. The monoisotopic (exact) mass is 350 g/mol. The summed E-state index contributed by atoms with van der Waals surface area (Å²) in [6, 6.07) is 3.97. The van der Waals surface area contributed by atoms with Crippen LogP contribution in [0.2, 0.25) is 0 Å². The second-order valence-electron chi connectivity index (χ2n) is 4.04. The molecule has 20 heavy (non-hydrogen) atoms.